The number of rotatable bonds is 4. The smallest absolute Gasteiger partial charge is 0.248 e. The van der Waals surface area contributed by atoms with Crippen molar-refractivity contribution in [2.75, 3.05) is 5.32 Å². The lowest BCUT2D eigenvalue weighted by Gasteiger charge is -2.04. The van der Waals surface area contributed by atoms with Crippen LogP contribution in [-0.4, -0.2) is 15.3 Å². The summed E-state index contributed by atoms with van der Waals surface area (Å²) in [4.78, 5) is 17.3. The average Bonchev–Trinajstić information content (AvgIpc) is 3.10. The van der Waals surface area contributed by atoms with Crippen LogP contribution in [0.4, 0.5) is 5.69 Å². The van der Waals surface area contributed by atoms with E-state index in [1.54, 1.807) is 30.3 Å². The first-order valence-corrected chi connectivity index (χ1v) is 9.59. The molecular formula is C25H20N4O. The predicted molar refractivity (Wildman–Crippen MR) is 119 cm³/mol. The molecule has 0 aliphatic rings. The second-order valence-corrected chi connectivity index (χ2v) is 7.12. The molecule has 0 unspecified atom stereocenters. The van der Waals surface area contributed by atoms with Gasteiger partial charge in [0.15, 0.2) is 0 Å². The lowest BCUT2D eigenvalue weighted by Crippen LogP contribution is -2.09. The number of carbonyl (C=O) groups is 1. The van der Waals surface area contributed by atoms with Gasteiger partial charge in [0, 0.05) is 17.8 Å². The third-order valence-corrected chi connectivity index (χ3v) is 4.84. The highest BCUT2D eigenvalue weighted by Crippen LogP contribution is 2.26. The van der Waals surface area contributed by atoms with E-state index in [0.717, 1.165) is 28.2 Å². The van der Waals surface area contributed by atoms with Gasteiger partial charge in [-0.05, 0) is 49.8 Å². The van der Waals surface area contributed by atoms with Crippen molar-refractivity contribution in [3.05, 3.63) is 95.3 Å². The van der Waals surface area contributed by atoms with Gasteiger partial charge in [0.05, 0.1) is 22.6 Å². The Labute approximate surface area is 174 Å². The van der Waals surface area contributed by atoms with Crippen LogP contribution in [0.2, 0.25) is 0 Å². The van der Waals surface area contributed by atoms with Crippen LogP contribution in [0.1, 0.15) is 22.4 Å². The maximum atomic E-state index is 12.5. The SMILES string of the molecule is Cc1ccc(-c2nc3cc(C)ccn3c2/C=C/C(=O)Nc2ccccc2C#N)cc1. The van der Waals surface area contributed by atoms with E-state index in [9.17, 15) is 10.1 Å². The molecule has 0 bridgehead atoms. The van der Waals surface area contributed by atoms with Crippen LogP contribution in [0, 0.1) is 25.2 Å². The number of imidazole rings is 1. The molecule has 0 aliphatic carbocycles. The van der Waals surface area contributed by atoms with Gasteiger partial charge >= 0.3 is 0 Å². The molecule has 1 N–H and O–H groups in total. The lowest BCUT2D eigenvalue weighted by atomic mass is 10.1. The highest BCUT2D eigenvalue weighted by atomic mass is 16.1. The minimum absolute atomic E-state index is 0.311. The molecule has 0 fully saturated rings. The molecule has 0 spiro atoms. The zero-order valence-corrected chi connectivity index (χ0v) is 16.8. The Morgan fingerprint density at radius 3 is 2.60 bits per heavy atom. The fourth-order valence-corrected chi connectivity index (χ4v) is 3.27. The fraction of sp³-hybridized carbons (Fsp3) is 0.0800. The number of aryl methyl sites for hydroxylation is 2. The summed E-state index contributed by atoms with van der Waals surface area (Å²) in [5.74, 6) is -0.311. The Hall–Kier alpha value is -4.17. The van der Waals surface area contributed by atoms with Crippen LogP contribution in [-0.2, 0) is 4.79 Å². The topological polar surface area (TPSA) is 70.2 Å². The Morgan fingerprint density at radius 1 is 1.07 bits per heavy atom. The number of hydrogen-bond acceptors (Lipinski definition) is 3. The zero-order valence-electron chi connectivity index (χ0n) is 16.8. The normalized spacial score (nSPS) is 11.0. The van der Waals surface area contributed by atoms with E-state index in [-0.39, 0.29) is 5.91 Å². The summed E-state index contributed by atoms with van der Waals surface area (Å²) in [5, 5.41) is 12.0. The number of nitrogens with zero attached hydrogens (tertiary/aromatic N) is 3. The van der Waals surface area contributed by atoms with Crippen molar-refractivity contribution >= 4 is 23.3 Å². The lowest BCUT2D eigenvalue weighted by molar-refractivity contribution is -0.111. The third kappa shape index (κ3) is 3.85. The van der Waals surface area contributed by atoms with Crippen molar-refractivity contribution in [1.29, 1.82) is 5.26 Å². The van der Waals surface area contributed by atoms with Crippen LogP contribution in [0.15, 0.2) is 72.9 Å². The highest BCUT2D eigenvalue weighted by molar-refractivity contribution is 6.03. The summed E-state index contributed by atoms with van der Waals surface area (Å²) in [5.41, 5.74) is 6.62. The number of aromatic nitrogens is 2. The van der Waals surface area contributed by atoms with E-state index >= 15 is 0 Å². The molecule has 146 valence electrons. The number of para-hydroxylation sites is 1. The largest absolute Gasteiger partial charge is 0.321 e. The Morgan fingerprint density at radius 2 is 1.83 bits per heavy atom. The molecule has 4 rings (SSSR count). The van der Waals surface area contributed by atoms with Gasteiger partial charge in [-0.2, -0.15) is 5.26 Å². The van der Waals surface area contributed by atoms with Crippen molar-refractivity contribution in [3.8, 4) is 17.3 Å². The van der Waals surface area contributed by atoms with Crippen molar-refractivity contribution in [2.24, 2.45) is 0 Å². The summed E-state index contributed by atoms with van der Waals surface area (Å²) in [6.07, 6.45) is 5.18. The van der Waals surface area contributed by atoms with Gasteiger partial charge in [-0.1, -0.05) is 42.0 Å². The molecule has 2 aromatic heterocycles. The number of pyridine rings is 1. The quantitative estimate of drug-likeness (QED) is 0.489. The molecule has 2 heterocycles. The molecule has 5 nitrogen and oxygen atoms in total. The summed E-state index contributed by atoms with van der Waals surface area (Å²) in [6.45, 7) is 4.07. The number of hydrogen-bond donors (Lipinski definition) is 1. The molecule has 1 amide bonds. The van der Waals surface area contributed by atoms with Gasteiger partial charge in [0.1, 0.15) is 11.7 Å². The third-order valence-electron chi connectivity index (χ3n) is 4.84. The standard InChI is InChI=1S/C25H20N4O/c1-17-7-9-19(10-8-17)25-22(29-14-13-18(2)15-23(29)28-25)11-12-24(30)27-21-6-4-3-5-20(21)16-26/h3-15H,1-2H3,(H,27,30)/b12-11+. The van der Waals surface area contributed by atoms with Crippen molar-refractivity contribution in [3.63, 3.8) is 0 Å². The number of anilines is 1. The first-order valence-electron chi connectivity index (χ1n) is 9.59. The molecule has 30 heavy (non-hydrogen) atoms. The van der Waals surface area contributed by atoms with E-state index in [2.05, 4.69) is 11.4 Å². The molecule has 0 saturated carbocycles. The van der Waals surface area contributed by atoms with Crippen LogP contribution in [0.3, 0.4) is 0 Å². The Balaban J connectivity index is 1.72. The number of amides is 1. The van der Waals surface area contributed by atoms with Crippen molar-refractivity contribution in [1.82, 2.24) is 9.38 Å². The second kappa shape index (κ2) is 8.06. The first-order chi connectivity index (χ1) is 14.5. The average molecular weight is 392 g/mol. The first kappa shape index (κ1) is 19.2. The van der Waals surface area contributed by atoms with E-state index in [1.807, 2.05) is 60.8 Å². The minimum Gasteiger partial charge on any atom is -0.321 e. The van der Waals surface area contributed by atoms with Gasteiger partial charge < -0.3 is 5.32 Å². The Bertz CT molecular complexity index is 1310. The van der Waals surface area contributed by atoms with Crippen LogP contribution >= 0.6 is 0 Å². The highest BCUT2D eigenvalue weighted by Gasteiger charge is 2.13. The van der Waals surface area contributed by atoms with Crippen molar-refractivity contribution < 1.29 is 4.79 Å². The van der Waals surface area contributed by atoms with Gasteiger partial charge in [-0.3, -0.25) is 9.20 Å². The maximum absolute atomic E-state index is 12.5. The van der Waals surface area contributed by atoms with Gasteiger partial charge in [0.2, 0.25) is 5.91 Å². The molecular weight excluding hydrogens is 372 g/mol. The fourth-order valence-electron chi connectivity index (χ4n) is 3.27. The monoisotopic (exact) mass is 392 g/mol. The summed E-state index contributed by atoms with van der Waals surface area (Å²) >= 11 is 0. The van der Waals surface area contributed by atoms with Crippen LogP contribution in [0.5, 0.6) is 0 Å². The van der Waals surface area contributed by atoms with Gasteiger partial charge in [0.25, 0.3) is 0 Å². The number of carbonyl (C=O) groups excluding carboxylic acids is 1. The van der Waals surface area contributed by atoms with Gasteiger partial charge in [-0.15, -0.1) is 0 Å². The van der Waals surface area contributed by atoms with E-state index in [1.165, 1.54) is 11.6 Å². The summed E-state index contributed by atoms with van der Waals surface area (Å²) in [6, 6.07) is 21.2. The molecule has 2 aromatic carbocycles. The zero-order chi connectivity index (χ0) is 21.1. The van der Waals surface area contributed by atoms with Crippen LogP contribution in [0.25, 0.3) is 23.0 Å². The number of fused-ring (bicyclic) bond motifs is 1. The molecule has 0 radical (unpaired) electrons. The van der Waals surface area contributed by atoms with Gasteiger partial charge in [-0.25, -0.2) is 4.98 Å². The molecule has 4 aromatic rings. The van der Waals surface area contributed by atoms with E-state index in [0.29, 0.717) is 11.3 Å². The summed E-state index contributed by atoms with van der Waals surface area (Å²) in [7, 11) is 0. The molecule has 0 atom stereocenters. The Kier molecular flexibility index (Phi) is 5.15. The van der Waals surface area contributed by atoms with Crippen LogP contribution < -0.4 is 5.32 Å². The maximum Gasteiger partial charge on any atom is 0.248 e. The number of nitrogens with one attached hydrogen (secondary N) is 1. The molecule has 5 heteroatoms. The number of nitriles is 1. The minimum atomic E-state index is -0.311. The van der Waals surface area contributed by atoms with E-state index < -0.39 is 0 Å². The second-order valence-electron chi connectivity index (χ2n) is 7.12. The summed E-state index contributed by atoms with van der Waals surface area (Å²) < 4.78 is 1.97. The van der Waals surface area contributed by atoms with E-state index in [4.69, 9.17) is 4.98 Å². The molecule has 0 saturated heterocycles. The number of benzene rings is 2. The van der Waals surface area contributed by atoms with Crippen molar-refractivity contribution in [2.45, 2.75) is 13.8 Å². The predicted octanol–water partition coefficient (Wildman–Crippen LogP) is 5.14. The molecule has 0 aliphatic heterocycles.